The van der Waals surface area contributed by atoms with Gasteiger partial charge in [-0.2, -0.15) is 5.26 Å². The zero-order valence-corrected chi connectivity index (χ0v) is 10.0. The summed E-state index contributed by atoms with van der Waals surface area (Å²) >= 11 is 0. The van der Waals surface area contributed by atoms with Gasteiger partial charge in [-0.1, -0.05) is 0 Å². The summed E-state index contributed by atoms with van der Waals surface area (Å²) in [6, 6.07) is 5.01. The Morgan fingerprint density at radius 2 is 2.00 bits per heavy atom. The van der Waals surface area contributed by atoms with Gasteiger partial charge in [0.25, 0.3) is 5.78 Å². The van der Waals surface area contributed by atoms with E-state index in [2.05, 4.69) is 4.74 Å². The van der Waals surface area contributed by atoms with E-state index in [1.165, 1.54) is 6.07 Å². The number of nitriles is 1. The van der Waals surface area contributed by atoms with Gasteiger partial charge in [0.1, 0.15) is 0 Å². The lowest BCUT2D eigenvalue weighted by molar-refractivity contribution is -0.137. The van der Waals surface area contributed by atoms with Gasteiger partial charge in [-0.25, -0.2) is 4.79 Å². The molecule has 0 aliphatic rings. The molecule has 1 aromatic carbocycles. The van der Waals surface area contributed by atoms with Crippen LogP contribution in [0.3, 0.4) is 0 Å². The zero-order chi connectivity index (χ0) is 13.0. The standard InChI is InChI=1S/C13H13NO3/c1-4-17-13(16)12(15)10-5-8(2)9(3)11(6-10)7-14/h5-6H,4H2,1-3H3. The number of esters is 1. The maximum absolute atomic E-state index is 11.7. The van der Waals surface area contributed by atoms with E-state index in [1.54, 1.807) is 26.8 Å². The van der Waals surface area contributed by atoms with Crippen LogP contribution in [0.25, 0.3) is 0 Å². The van der Waals surface area contributed by atoms with Gasteiger partial charge < -0.3 is 4.74 Å². The molecule has 17 heavy (non-hydrogen) atoms. The highest BCUT2D eigenvalue weighted by atomic mass is 16.5. The molecular formula is C13H13NO3. The van der Waals surface area contributed by atoms with Gasteiger partial charge in [0.2, 0.25) is 0 Å². The number of hydrogen-bond acceptors (Lipinski definition) is 4. The van der Waals surface area contributed by atoms with Gasteiger partial charge in [-0.3, -0.25) is 4.79 Å². The second-order valence-corrected chi connectivity index (χ2v) is 3.63. The molecule has 0 aliphatic carbocycles. The number of Topliss-reactive ketones (excluding diaryl/α,β-unsaturated/α-hetero) is 1. The van der Waals surface area contributed by atoms with Crippen molar-refractivity contribution in [3.63, 3.8) is 0 Å². The first-order chi connectivity index (χ1) is 8.01. The third kappa shape index (κ3) is 2.70. The van der Waals surface area contributed by atoms with E-state index in [-0.39, 0.29) is 12.2 Å². The number of ketones is 1. The van der Waals surface area contributed by atoms with E-state index in [4.69, 9.17) is 5.26 Å². The highest BCUT2D eigenvalue weighted by Crippen LogP contribution is 2.16. The van der Waals surface area contributed by atoms with Crippen LogP contribution in [-0.2, 0) is 9.53 Å². The molecule has 0 atom stereocenters. The van der Waals surface area contributed by atoms with Gasteiger partial charge in [0, 0.05) is 5.56 Å². The Hall–Kier alpha value is -2.15. The predicted molar refractivity (Wildman–Crippen MR) is 61.6 cm³/mol. The van der Waals surface area contributed by atoms with Crippen LogP contribution in [0.5, 0.6) is 0 Å². The highest BCUT2D eigenvalue weighted by molar-refractivity contribution is 6.40. The van der Waals surface area contributed by atoms with E-state index in [0.717, 1.165) is 11.1 Å². The first-order valence-corrected chi connectivity index (χ1v) is 5.24. The second kappa shape index (κ2) is 5.26. The number of benzene rings is 1. The summed E-state index contributed by atoms with van der Waals surface area (Å²) < 4.78 is 4.63. The number of carbonyl (C=O) groups is 2. The maximum atomic E-state index is 11.7. The minimum absolute atomic E-state index is 0.153. The zero-order valence-electron chi connectivity index (χ0n) is 10.0. The van der Waals surface area contributed by atoms with Gasteiger partial charge in [0.05, 0.1) is 18.2 Å². The van der Waals surface area contributed by atoms with Crippen LogP contribution in [0.2, 0.25) is 0 Å². The van der Waals surface area contributed by atoms with Crippen LogP contribution >= 0.6 is 0 Å². The Balaban J connectivity index is 3.17. The van der Waals surface area contributed by atoms with E-state index >= 15 is 0 Å². The normalized spacial score (nSPS) is 9.53. The number of nitrogens with zero attached hydrogens (tertiary/aromatic N) is 1. The lowest BCUT2D eigenvalue weighted by atomic mass is 9.98. The molecule has 0 aliphatic heterocycles. The molecule has 4 nitrogen and oxygen atoms in total. The Morgan fingerprint density at radius 1 is 1.35 bits per heavy atom. The Bertz CT molecular complexity index is 512. The summed E-state index contributed by atoms with van der Waals surface area (Å²) in [5.41, 5.74) is 2.21. The fraction of sp³-hybridized carbons (Fsp3) is 0.308. The van der Waals surface area contributed by atoms with Gasteiger partial charge in [-0.15, -0.1) is 0 Å². The van der Waals surface area contributed by atoms with Gasteiger partial charge >= 0.3 is 5.97 Å². The maximum Gasteiger partial charge on any atom is 0.379 e. The SMILES string of the molecule is CCOC(=O)C(=O)c1cc(C)c(C)c(C#N)c1. The number of carbonyl (C=O) groups excluding carboxylic acids is 2. The first-order valence-electron chi connectivity index (χ1n) is 5.24. The molecule has 0 aromatic heterocycles. The van der Waals surface area contributed by atoms with Crippen molar-refractivity contribution in [2.45, 2.75) is 20.8 Å². The molecule has 0 N–H and O–H groups in total. The largest absolute Gasteiger partial charge is 0.460 e. The Labute approximate surface area is 99.8 Å². The van der Waals surface area contributed by atoms with Crippen LogP contribution in [0.4, 0.5) is 0 Å². The van der Waals surface area contributed by atoms with E-state index in [9.17, 15) is 9.59 Å². The quantitative estimate of drug-likeness (QED) is 0.453. The minimum atomic E-state index is -0.889. The third-order valence-electron chi connectivity index (χ3n) is 2.51. The van der Waals surface area contributed by atoms with Crippen molar-refractivity contribution in [1.29, 1.82) is 5.26 Å². The average Bonchev–Trinajstić information content (AvgIpc) is 2.31. The minimum Gasteiger partial charge on any atom is -0.460 e. The van der Waals surface area contributed by atoms with Crippen LogP contribution in [0.1, 0.15) is 34.0 Å². The number of rotatable bonds is 3. The van der Waals surface area contributed by atoms with Crippen LogP contribution in [0.15, 0.2) is 12.1 Å². The Morgan fingerprint density at radius 3 is 2.53 bits per heavy atom. The van der Waals surface area contributed by atoms with Gasteiger partial charge in [0.15, 0.2) is 0 Å². The molecule has 4 heteroatoms. The summed E-state index contributed by atoms with van der Waals surface area (Å²) in [5.74, 6) is -1.61. The van der Waals surface area contributed by atoms with E-state index < -0.39 is 11.8 Å². The van der Waals surface area contributed by atoms with E-state index in [1.807, 2.05) is 6.07 Å². The van der Waals surface area contributed by atoms with Crippen molar-refractivity contribution < 1.29 is 14.3 Å². The average molecular weight is 231 g/mol. The molecule has 88 valence electrons. The monoisotopic (exact) mass is 231 g/mol. The molecule has 0 amide bonds. The third-order valence-corrected chi connectivity index (χ3v) is 2.51. The smallest absolute Gasteiger partial charge is 0.379 e. The van der Waals surface area contributed by atoms with Crippen LogP contribution < -0.4 is 0 Å². The van der Waals surface area contributed by atoms with Crippen molar-refractivity contribution in [2.24, 2.45) is 0 Å². The number of aryl methyl sites for hydroxylation is 1. The summed E-state index contributed by atoms with van der Waals surface area (Å²) in [6.07, 6.45) is 0. The number of hydrogen-bond donors (Lipinski definition) is 0. The van der Waals surface area contributed by atoms with Crippen molar-refractivity contribution >= 4 is 11.8 Å². The molecule has 0 unspecified atom stereocenters. The molecule has 0 fully saturated rings. The summed E-state index contributed by atoms with van der Waals surface area (Å²) in [6.45, 7) is 5.37. The molecule has 1 rings (SSSR count). The molecule has 0 saturated carbocycles. The molecule has 1 aromatic rings. The first kappa shape index (κ1) is 12.9. The highest BCUT2D eigenvalue weighted by Gasteiger charge is 2.19. The molecule has 0 bridgehead atoms. The van der Waals surface area contributed by atoms with Crippen LogP contribution in [-0.4, -0.2) is 18.4 Å². The lowest BCUT2D eigenvalue weighted by Gasteiger charge is -2.06. The van der Waals surface area contributed by atoms with Crippen molar-refractivity contribution in [2.75, 3.05) is 6.61 Å². The molecule has 0 saturated heterocycles. The molecule has 0 radical (unpaired) electrons. The van der Waals surface area contributed by atoms with Crippen molar-refractivity contribution in [3.8, 4) is 6.07 Å². The number of ether oxygens (including phenoxy) is 1. The van der Waals surface area contributed by atoms with E-state index in [0.29, 0.717) is 5.56 Å². The fourth-order valence-electron chi connectivity index (χ4n) is 1.42. The van der Waals surface area contributed by atoms with Gasteiger partial charge in [-0.05, 0) is 44.0 Å². The molecule has 0 spiro atoms. The predicted octanol–water partition coefficient (Wildman–Crippen LogP) is 1.92. The topological polar surface area (TPSA) is 67.2 Å². The molecular weight excluding hydrogens is 218 g/mol. The fourth-order valence-corrected chi connectivity index (χ4v) is 1.42. The summed E-state index contributed by atoms with van der Waals surface area (Å²) in [5, 5.41) is 8.91. The Kier molecular flexibility index (Phi) is 4.00. The molecule has 0 heterocycles. The van der Waals surface area contributed by atoms with Crippen LogP contribution in [0, 0.1) is 25.2 Å². The second-order valence-electron chi connectivity index (χ2n) is 3.63. The van der Waals surface area contributed by atoms with Crippen molar-refractivity contribution in [3.05, 3.63) is 34.4 Å². The van der Waals surface area contributed by atoms with Crippen molar-refractivity contribution in [1.82, 2.24) is 0 Å². The summed E-state index contributed by atoms with van der Waals surface area (Å²) in [7, 11) is 0. The summed E-state index contributed by atoms with van der Waals surface area (Å²) in [4.78, 5) is 23.0. The lowest BCUT2D eigenvalue weighted by Crippen LogP contribution is -2.18.